The van der Waals surface area contributed by atoms with Crippen LogP contribution in [-0.2, 0) is 16.8 Å². The number of aryl methyl sites for hydroxylation is 1. The van der Waals surface area contributed by atoms with Gasteiger partial charge in [0.1, 0.15) is 11.4 Å². The maximum absolute atomic E-state index is 6.24. The van der Waals surface area contributed by atoms with Crippen molar-refractivity contribution in [1.29, 1.82) is 0 Å². The highest BCUT2D eigenvalue weighted by Gasteiger charge is 2.43. The Morgan fingerprint density at radius 2 is 2.00 bits per heavy atom. The predicted octanol–water partition coefficient (Wildman–Crippen LogP) is 2.76. The molecule has 3 nitrogen and oxygen atoms in total. The number of morpholine rings is 1. The largest absolute Gasteiger partial charge is 0.367 e. The summed E-state index contributed by atoms with van der Waals surface area (Å²) in [5.74, 6) is 1.06. The van der Waals surface area contributed by atoms with Gasteiger partial charge in [0.15, 0.2) is 0 Å². The molecule has 1 aromatic heterocycles. The third-order valence-electron chi connectivity index (χ3n) is 4.47. The Morgan fingerprint density at radius 3 is 2.90 bits per heavy atom. The second-order valence-corrected chi connectivity index (χ2v) is 5.61. The van der Waals surface area contributed by atoms with Crippen LogP contribution in [0.4, 0.5) is 5.82 Å². The van der Waals surface area contributed by atoms with Gasteiger partial charge in [-0.15, -0.1) is 0 Å². The van der Waals surface area contributed by atoms with Crippen molar-refractivity contribution >= 4 is 5.82 Å². The van der Waals surface area contributed by atoms with Crippen molar-refractivity contribution in [2.24, 2.45) is 0 Å². The van der Waals surface area contributed by atoms with Crippen LogP contribution in [0.3, 0.4) is 0 Å². The second kappa shape index (κ2) is 4.60. The van der Waals surface area contributed by atoms with Crippen LogP contribution >= 0.6 is 0 Å². The first kappa shape index (κ1) is 11.9. The van der Waals surface area contributed by atoms with Gasteiger partial charge in [0.05, 0.1) is 13.2 Å². The van der Waals surface area contributed by atoms with Crippen LogP contribution in [0.2, 0.25) is 0 Å². The van der Waals surface area contributed by atoms with Gasteiger partial charge in [-0.1, -0.05) is 30.3 Å². The molecule has 2 aromatic rings. The topological polar surface area (TPSA) is 25.4 Å². The van der Waals surface area contributed by atoms with Gasteiger partial charge in [0.2, 0.25) is 0 Å². The average Bonchev–Trinajstić information content (AvgIpc) is 2.87. The number of nitrogens with zero attached hydrogens (tertiary/aromatic N) is 2. The zero-order valence-corrected chi connectivity index (χ0v) is 11.5. The van der Waals surface area contributed by atoms with Crippen molar-refractivity contribution in [2.75, 3.05) is 24.6 Å². The van der Waals surface area contributed by atoms with E-state index in [1.165, 1.54) is 11.1 Å². The fourth-order valence-corrected chi connectivity index (χ4v) is 3.49. The highest BCUT2D eigenvalue weighted by Crippen LogP contribution is 2.42. The molecule has 1 atom stereocenters. The van der Waals surface area contributed by atoms with E-state index in [1.807, 2.05) is 18.3 Å². The summed E-state index contributed by atoms with van der Waals surface area (Å²) in [5, 5.41) is 0. The van der Waals surface area contributed by atoms with Crippen molar-refractivity contribution in [3.63, 3.8) is 0 Å². The van der Waals surface area contributed by atoms with Crippen molar-refractivity contribution in [1.82, 2.24) is 4.98 Å². The van der Waals surface area contributed by atoms with E-state index < -0.39 is 0 Å². The normalized spacial score (nSPS) is 24.9. The van der Waals surface area contributed by atoms with Crippen molar-refractivity contribution < 1.29 is 4.74 Å². The number of ether oxygens (including phenoxy) is 1. The van der Waals surface area contributed by atoms with Gasteiger partial charge >= 0.3 is 0 Å². The molecule has 1 unspecified atom stereocenters. The number of rotatable bonds is 1. The maximum Gasteiger partial charge on any atom is 0.128 e. The Kier molecular flexibility index (Phi) is 2.74. The average molecular weight is 266 g/mol. The van der Waals surface area contributed by atoms with Crippen molar-refractivity contribution in [3.05, 3.63) is 59.8 Å². The maximum atomic E-state index is 6.24. The molecule has 3 heteroatoms. The van der Waals surface area contributed by atoms with Gasteiger partial charge in [0.25, 0.3) is 0 Å². The SMILES string of the molecule is c1ccc(N2CCOC3(CCc4ccccc43)C2)nc1. The van der Waals surface area contributed by atoms with Gasteiger partial charge in [-0.05, 0) is 36.1 Å². The molecule has 2 aliphatic rings. The lowest BCUT2D eigenvalue weighted by atomic mass is 9.93. The molecule has 1 spiro atoms. The van der Waals surface area contributed by atoms with E-state index >= 15 is 0 Å². The Balaban J connectivity index is 1.68. The molecule has 0 bridgehead atoms. The minimum atomic E-state index is -0.133. The lowest BCUT2D eigenvalue weighted by molar-refractivity contribution is -0.0594. The number of pyridine rings is 1. The molecule has 0 saturated carbocycles. The van der Waals surface area contributed by atoms with Gasteiger partial charge in [0, 0.05) is 12.7 Å². The Morgan fingerprint density at radius 1 is 1.10 bits per heavy atom. The molecule has 1 fully saturated rings. The first-order chi connectivity index (χ1) is 9.87. The molecule has 1 aromatic carbocycles. The van der Waals surface area contributed by atoms with E-state index in [4.69, 9.17) is 4.74 Å². The zero-order chi connectivity index (χ0) is 13.4. The third kappa shape index (κ3) is 1.81. The summed E-state index contributed by atoms with van der Waals surface area (Å²) in [4.78, 5) is 6.84. The number of hydrogen-bond acceptors (Lipinski definition) is 3. The van der Waals surface area contributed by atoms with E-state index in [-0.39, 0.29) is 5.60 Å². The Hall–Kier alpha value is -1.87. The minimum absolute atomic E-state index is 0.133. The fourth-order valence-electron chi connectivity index (χ4n) is 3.49. The lowest BCUT2D eigenvalue weighted by Gasteiger charge is -2.41. The summed E-state index contributed by atoms with van der Waals surface area (Å²) in [6.07, 6.45) is 4.06. The number of fused-ring (bicyclic) bond motifs is 2. The molecule has 1 saturated heterocycles. The summed E-state index contributed by atoms with van der Waals surface area (Å²) < 4.78 is 6.24. The third-order valence-corrected chi connectivity index (χ3v) is 4.47. The van der Waals surface area contributed by atoms with E-state index in [9.17, 15) is 0 Å². The number of aromatic nitrogens is 1. The summed E-state index contributed by atoms with van der Waals surface area (Å²) in [7, 11) is 0. The van der Waals surface area contributed by atoms with Crippen LogP contribution in [0.5, 0.6) is 0 Å². The molecule has 102 valence electrons. The van der Waals surface area contributed by atoms with Crippen LogP contribution in [0, 0.1) is 0 Å². The number of benzene rings is 1. The van der Waals surface area contributed by atoms with Crippen LogP contribution < -0.4 is 4.90 Å². The number of hydrogen-bond donors (Lipinski definition) is 0. The minimum Gasteiger partial charge on any atom is -0.367 e. The molecule has 1 aliphatic carbocycles. The fraction of sp³-hybridized carbons (Fsp3) is 0.353. The molecular formula is C17H18N2O. The zero-order valence-electron chi connectivity index (χ0n) is 11.5. The molecule has 4 rings (SSSR count). The lowest BCUT2D eigenvalue weighted by Crippen LogP contribution is -2.49. The molecule has 0 amide bonds. The van der Waals surface area contributed by atoms with Gasteiger partial charge < -0.3 is 9.64 Å². The van der Waals surface area contributed by atoms with Gasteiger partial charge in [-0.3, -0.25) is 0 Å². The number of anilines is 1. The molecule has 1 aliphatic heterocycles. The van der Waals surface area contributed by atoms with Crippen LogP contribution in [-0.4, -0.2) is 24.7 Å². The summed E-state index contributed by atoms with van der Waals surface area (Å²) in [6.45, 7) is 2.59. The first-order valence-electron chi connectivity index (χ1n) is 7.26. The first-order valence-corrected chi connectivity index (χ1v) is 7.26. The summed E-state index contributed by atoms with van der Waals surface area (Å²) in [6, 6.07) is 14.8. The van der Waals surface area contributed by atoms with E-state index in [0.29, 0.717) is 0 Å². The van der Waals surface area contributed by atoms with E-state index in [1.54, 1.807) is 0 Å². The summed E-state index contributed by atoms with van der Waals surface area (Å²) in [5.41, 5.74) is 2.68. The van der Waals surface area contributed by atoms with Crippen molar-refractivity contribution in [3.8, 4) is 0 Å². The molecule has 0 radical (unpaired) electrons. The van der Waals surface area contributed by atoms with Crippen LogP contribution in [0.1, 0.15) is 17.5 Å². The standard InChI is InChI=1S/C17H18N2O/c1-2-6-15-14(5-1)8-9-17(15)13-19(11-12-20-17)16-7-3-4-10-18-16/h1-7,10H,8-9,11-13H2. The van der Waals surface area contributed by atoms with Crippen LogP contribution in [0.25, 0.3) is 0 Å². The monoisotopic (exact) mass is 266 g/mol. The summed E-state index contributed by atoms with van der Waals surface area (Å²) >= 11 is 0. The van der Waals surface area contributed by atoms with Gasteiger partial charge in [-0.2, -0.15) is 0 Å². The molecule has 20 heavy (non-hydrogen) atoms. The smallest absolute Gasteiger partial charge is 0.128 e. The highest BCUT2D eigenvalue weighted by molar-refractivity contribution is 5.44. The molecular weight excluding hydrogens is 248 g/mol. The van der Waals surface area contributed by atoms with E-state index in [2.05, 4.69) is 40.2 Å². The van der Waals surface area contributed by atoms with Crippen LogP contribution in [0.15, 0.2) is 48.7 Å². The van der Waals surface area contributed by atoms with Crippen molar-refractivity contribution in [2.45, 2.75) is 18.4 Å². The highest BCUT2D eigenvalue weighted by atomic mass is 16.5. The molecule has 2 heterocycles. The molecule has 0 N–H and O–H groups in total. The Bertz CT molecular complexity index is 609. The Labute approximate surface area is 119 Å². The quantitative estimate of drug-likeness (QED) is 0.793. The predicted molar refractivity (Wildman–Crippen MR) is 78.8 cm³/mol. The van der Waals surface area contributed by atoms with E-state index in [0.717, 1.165) is 38.4 Å². The van der Waals surface area contributed by atoms with Gasteiger partial charge in [-0.25, -0.2) is 4.98 Å². The second-order valence-electron chi connectivity index (χ2n) is 5.61.